The lowest BCUT2D eigenvalue weighted by Crippen LogP contribution is -2.07. The summed E-state index contributed by atoms with van der Waals surface area (Å²) >= 11 is 0. The minimum Gasteiger partial charge on any atom is -0.391 e. The zero-order valence-corrected chi connectivity index (χ0v) is 12.2. The van der Waals surface area contributed by atoms with Crippen LogP contribution in [0.25, 0.3) is 0 Å². The number of ketones is 2. The molecule has 0 aliphatic heterocycles. The summed E-state index contributed by atoms with van der Waals surface area (Å²) in [4.78, 5) is 20.3. The summed E-state index contributed by atoms with van der Waals surface area (Å²) in [5, 5.41) is 8.43. The van der Waals surface area contributed by atoms with E-state index in [1.54, 1.807) is 21.0 Å². The van der Waals surface area contributed by atoms with E-state index >= 15 is 0 Å². The fourth-order valence-electron chi connectivity index (χ4n) is 1.19. The molecule has 1 saturated carbocycles. The average Bonchev–Trinajstić information content (AvgIpc) is 2.31. The van der Waals surface area contributed by atoms with Crippen LogP contribution in [0.4, 0.5) is 0 Å². The molecule has 4 nitrogen and oxygen atoms in total. The Morgan fingerprint density at radius 1 is 1.33 bits per heavy atom. The van der Waals surface area contributed by atoms with Crippen molar-refractivity contribution >= 4 is 11.6 Å². The molecule has 4 heteroatoms. The van der Waals surface area contributed by atoms with Crippen molar-refractivity contribution in [1.29, 1.82) is 0 Å². The van der Waals surface area contributed by atoms with E-state index in [1.165, 1.54) is 6.42 Å². The second-order valence-electron chi connectivity index (χ2n) is 4.46. The Labute approximate surface area is 111 Å². The first kappa shape index (κ1) is 19.6. The molecular weight excluding hydrogens is 232 g/mol. The van der Waals surface area contributed by atoms with Gasteiger partial charge in [0.25, 0.3) is 0 Å². The summed E-state index contributed by atoms with van der Waals surface area (Å²) in [6.07, 6.45) is 5.58. The number of Topliss-reactive ketones (excluding diaryl/α,β-unsaturated/α-hetero) is 2. The van der Waals surface area contributed by atoms with Gasteiger partial charge in [0.1, 0.15) is 11.6 Å². The second kappa shape index (κ2) is 14.3. The summed E-state index contributed by atoms with van der Waals surface area (Å²) in [6, 6.07) is 0. The average molecular weight is 260 g/mol. The van der Waals surface area contributed by atoms with Crippen molar-refractivity contribution in [2.24, 2.45) is 0 Å². The number of carbonyl (C=O) groups excluding carboxylic acids is 2. The lowest BCUT2D eigenvalue weighted by atomic mass is 10.00. The van der Waals surface area contributed by atoms with Crippen molar-refractivity contribution in [2.75, 3.05) is 13.7 Å². The SMILES string of the molecule is CCC(C)=O.COCC(C)O.O=C1CCCCC1. The smallest absolute Gasteiger partial charge is 0.132 e. The summed E-state index contributed by atoms with van der Waals surface area (Å²) in [5.41, 5.74) is 0. The zero-order chi connectivity index (χ0) is 14.4. The van der Waals surface area contributed by atoms with E-state index in [4.69, 9.17) is 5.11 Å². The number of hydrogen-bond donors (Lipinski definition) is 1. The largest absolute Gasteiger partial charge is 0.391 e. The van der Waals surface area contributed by atoms with Crippen LogP contribution < -0.4 is 0 Å². The quantitative estimate of drug-likeness (QED) is 0.847. The van der Waals surface area contributed by atoms with E-state index in [1.807, 2.05) is 6.92 Å². The van der Waals surface area contributed by atoms with Crippen molar-refractivity contribution in [2.45, 2.75) is 65.4 Å². The van der Waals surface area contributed by atoms with Crippen LogP contribution in [0.1, 0.15) is 59.3 Å². The van der Waals surface area contributed by atoms with Gasteiger partial charge in [-0.2, -0.15) is 0 Å². The van der Waals surface area contributed by atoms with Crippen LogP contribution in [0, 0.1) is 0 Å². The standard InChI is InChI=1S/C6H10O.C4H10O2.C4H8O/c7-6-4-2-1-3-5-6;1-4(5)3-6-2;1-3-4(2)5/h1-5H2;4-5H,3H2,1-2H3;3H2,1-2H3. The first-order valence-electron chi connectivity index (χ1n) is 6.62. The van der Waals surface area contributed by atoms with Crippen molar-refractivity contribution in [3.8, 4) is 0 Å². The van der Waals surface area contributed by atoms with Gasteiger partial charge in [-0.05, 0) is 26.7 Å². The first-order chi connectivity index (χ1) is 8.43. The van der Waals surface area contributed by atoms with Crippen molar-refractivity contribution in [1.82, 2.24) is 0 Å². The van der Waals surface area contributed by atoms with Crippen LogP contribution in [0.5, 0.6) is 0 Å². The molecule has 0 spiro atoms. The van der Waals surface area contributed by atoms with Gasteiger partial charge in [-0.1, -0.05) is 13.3 Å². The Bertz CT molecular complexity index is 204. The van der Waals surface area contributed by atoms with E-state index in [9.17, 15) is 9.59 Å². The molecule has 0 aromatic rings. The van der Waals surface area contributed by atoms with Crippen LogP contribution in [0.15, 0.2) is 0 Å². The molecule has 108 valence electrons. The van der Waals surface area contributed by atoms with Crippen LogP contribution in [-0.2, 0) is 14.3 Å². The molecule has 1 N–H and O–H groups in total. The molecule has 1 atom stereocenters. The minimum atomic E-state index is -0.324. The molecule has 18 heavy (non-hydrogen) atoms. The molecule has 1 aliphatic rings. The van der Waals surface area contributed by atoms with E-state index in [2.05, 4.69) is 4.74 Å². The monoisotopic (exact) mass is 260 g/mol. The van der Waals surface area contributed by atoms with E-state index in [0.717, 1.165) is 25.7 Å². The number of hydrogen-bond acceptors (Lipinski definition) is 4. The molecule has 0 saturated heterocycles. The Morgan fingerprint density at radius 3 is 1.89 bits per heavy atom. The normalized spacial score (nSPS) is 15.7. The predicted octanol–water partition coefficient (Wildman–Crippen LogP) is 2.52. The van der Waals surface area contributed by atoms with Gasteiger partial charge < -0.3 is 14.6 Å². The number of aliphatic hydroxyl groups is 1. The Kier molecular flexibility index (Phi) is 15.6. The molecule has 1 unspecified atom stereocenters. The zero-order valence-electron chi connectivity index (χ0n) is 12.2. The predicted molar refractivity (Wildman–Crippen MR) is 72.6 cm³/mol. The van der Waals surface area contributed by atoms with Gasteiger partial charge in [0.15, 0.2) is 0 Å². The van der Waals surface area contributed by atoms with E-state index in [-0.39, 0.29) is 11.9 Å². The third kappa shape index (κ3) is 20.6. The minimum absolute atomic E-state index is 0.255. The van der Waals surface area contributed by atoms with Gasteiger partial charge >= 0.3 is 0 Å². The Hall–Kier alpha value is -0.740. The maximum Gasteiger partial charge on any atom is 0.132 e. The lowest BCUT2D eigenvalue weighted by Gasteiger charge is -2.05. The first-order valence-corrected chi connectivity index (χ1v) is 6.62. The van der Waals surface area contributed by atoms with E-state index in [0.29, 0.717) is 18.8 Å². The van der Waals surface area contributed by atoms with E-state index < -0.39 is 0 Å². The highest BCUT2D eigenvalue weighted by Gasteiger charge is 2.05. The highest BCUT2D eigenvalue weighted by molar-refractivity contribution is 5.78. The summed E-state index contributed by atoms with van der Waals surface area (Å²) in [6.45, 7) is 5.55. The number of rotatable bonds is 3. The summed E-state index contributed by atoms with van der Waals surface area (Å²) in [5.74, 6) is 0.719. The fourth-order valence-corrected chi connectivity index (χ4v) is 1.19. The summed E-state index contributed by atoms with van der Waals surface area (Å²) < 4.78 is 4.55. The van der Waals surface area contributed by atoms with Crippen LogP contribution >= 0.6 is 0 Å². The molecule has 1 fully saturated rings. The van der Waals surface area contributed by atoms with Gasteiger partial charge in [-0.3, -0.25) is 4.79 Å². The maximum atomic E-state index is 10.5. The van der Waals surface area contributed by atoms with Gasteiger partial charge in [-0.15, -0.1) is 0 Å². The third-order valence-electron chi connectivity index (χ3n) is 2.32. The number of aliphatic hydroxyl groups excluding tert-OH is 1. The topological polar surface area (TPSA) is 63.6 Å². The molecule has 0 radical (unpaired) electrons. The maximum absolute atomic E-state index is 10.5. The molecule has 0 heterocycles. The molecular formula is C14H28O4. The number of methoxy groups -OCH3 is 1. The van der Waals surface area contributed by atoms with Gasteiger partial charge in [0.05, 0.1) is 12.7 Å². The molecule has 0 amide bonds. The molecule has 1 aliphatic carbocycles. The highest BCUT2D eigenvalue weighted by atomic mass is 16.5. The van der Waals surface area contributed by atoms with Crippen molar-refractivity contribution in [3.63, 3.8) is 0 Å². The fraction of sp³-hybridized carbons (Fsp3) is 0.857. The van der Waals surface area contributed by atoms with Crippen molar-refractivity contribution < 1.29 is 19.4 Å². The summed E-state index contributed by atoms with van der Waals surface area (Å²) in [7, 11) is 1.56. The third-order valence-corrected chi connectivity index (χ3v) is 2.32. The van der Waals surface area contributed by atoms with Gasteiger partial charge in [-0.25, -0.2) is 0 Å². The van der Waals surface area contributed by atoms with Crippen molar-refractivity contribution in [3.05, 3.63) is 0 Å². The molecule has 1 rings (SSSR count). The van der Waals surface area contributed by atoms with Crippen LogP contribution in [0.3, 0.4) is 0 Å². The number of carbonyl (C=O) groups is 2. The van der Waals surface area contributed by atoms with Gasteiger partial charge in [0.2, 0.25) is 0 Å². The number of ether oxygens (including phenoxy) is 1. The van der Waals surface area contributed by atoms with Crippen LogP contribution in [0.2, 0.25) is 0 Å². The second-order valence-corrected chi connectivity index (χ2v) is 4.46. The van der Waals surface area contributed by atoms with Crippen LogP contribution in [-0.4, -0.2) is 36.5 Å². The molecule has 0 aromatic heterocycles. The van der Waals surface area contributed by atoms with Gasteiger partial charge in [0, 0.05) is 26.4 Å². The lowest BCUT2D eigenvalue weighted by molar-refractivity contribution is -0.120. The highest BCUT2D eigenvalue weighted by Crippen LogP contribution is 2.12. The molecule has 0 aromatic carbocycles. The Balaban J connectivity index is 0. The molecule has 0 bridgehead atoms. The Morgan fingerprint density at radius 2 is 1.78 bits per heavy atom.